The van der Waals surface area contributed by atoms with Crippen molar-refractivity contribution < 1.29 is 13.2 Å². The number of hydrogen-bond donors (Lipinski definition) is 1. The number of nitrogen functional groups attached to an aromatic ring is 1. The third kappa shape index (κ3) is 1.62. The van der Waals surface area contributed by atoms with Crippen molar-refractivity contribution in [2.75, 3.05) is 5.73 Å². The van der Waals surface area contributed by atoms with E-state index in [-0.39, 0.29) is 16.6 Å². The topological polar surface area (TPSA) is 38.9 Å². The van der Waals surface area contributed by atoms with Gasteiger partial charge in [0.15, 0.2) is 11.6 Å². The Morgan fingerprint density at radius 2 is 1.88 bits per heavy atom. The van der Waals surface area contributed by atoms with Gasteiger partial charge in [0, 0.05) is 17.4 Å². The molecule has 2 aromatic rings. The molecule has 1 aromatic carbocycles. The van der Waals surface area contributed by atoms with Crippen molar-refractivity contribution in [3.05, 3.63) is 34.8 Å². The van der Waals surface area contributed by atoms with Gasteiger partial charge < -0.3 is 5.73 Å². The average molecular weight is 240 g/mol. The SMILES string of the molecule is CCc1nc2c(F)c(F)cc(F)c2c(N)c1C. The van der Waals surface area contributed by atoms with Crippen molar-refractivity contribution in [2.45, 2.75) is 20.3 Å². The minimum absolute atomic E-state index is 0.114. The molecule has 0 unspecified atom stereocenters. The van der Waals surface area contributed by atoms with Gasteiger partial charge in [-0.1, -0.05) is 6.92 Å². The van der Waals surface area contributed by atoms with Gasteiger partial charge in [0.05, 0.1) is 5.39 Å². The lowest BCUT2D eigenvalue weighted by molar-refractivity contribution is 0.504. The summed E-state index contributed by atoms with van der Waals surface area (Å²) in [6, 6.07) is 0.487. The van der Waals surface area contributed by atoms with Crippen molar-refractivity contribution >= 4 is 16.6 Å². The van der Waals surface area contributed by atoms with Crippen LogP contribution in [0.5, 0.6) is 0 Å². The Kier molecular flexibility index (Phi) is 2.69. The molecule has 5 heteroatoms. The van der Waals surface area contributed by atoms with Crippen LogP contribution in [0.4, 0.5) is 18.9 Å². The highest BCUT2D eigenvalue weighted by atomic mass is 19.2. The Balaban J connectivity index is 3.01. The lowest BCUT2D eigenvalue weighted by atomic mass is 10.0. The van der Waals surface area contributed by atoms with Crippen molar-refractivity contribution in [1.29, 1.82) is 0 Å². The van der Waals surface area contributed by atoms with E-state index >= 15 is 0 Å². The smallest absolute Gasteiger partial charge is 0.185 e. The number of nitrogens with two attached hydrogens (primary N) is 1. The minimum atomic E-state index is -1.26. The van der Waals surface area contributed by atoms with E-state index in [1.807, 2.05) is 6.92 Å². The van der Waals surface area contributed by atoms with E-state index < -0.39 is 17.5 Å². The molecule has 0 aliphatic heterocycles. The molecule has 0 bridgehead atoms. The summed E-state index contributed by atoms with van der Waals surface area (Å²) in [6.07, 6.45) is 0.517. The molecule has 17 heavy (non-hydrogen) atoms. The quantitative estimate of drug-likeness (QED) is 0.778. The third-order valence-corrected chi connectivity index (χ3v) is 2.83. The second-order valence-corrected chi connectivity index (χ2v) is 3.83. The number of aryl methyl sites for hydroxylation is 1. The first kappa shape index (κ1) is 11.7. The average Bonchev–Trinajstić information content (AvgIpc) is 2.29. The standard InChI is InChI=1S/C12H11F3N2/c1-3-8-5(2)11(16)9-6(13)4-7(14)10(15)12(9)17-8/h4H,3H2,1-2H3,(H2,16,17). The van der Waals surface area contributed by atoms with Crippen LogP contribution in [0.1, 0.15) is 18.2 Å². The Bertz CT molecular complexity index is 609. The number of anilines is 1. The predicted molar refractivity (Wildman–Crippen MR) is 60.1 cm³/mol. The largest absolute Gasteiger partial charge is 0.398 e. The number of pyridine rings is 1. The molecule has 0 saturated carbocycles. The summed E-state index contributed by atoms with van der Waals surface area (Å²) in [5.41, 5.74) is 6.66. The molecule has 0 saturated heterocycles. The monoisotopic (exact) mass is 240 g/mol. The van der Waals surface area contributed by atoms with Gasteiger partial charge >= 0.3 is 0 Å². The summed E-state index contributed by atoms with van der Waals surface area (Å²) in [5, 5.41) is -0.154. The highest BCUT2D eigenvalue weighted by molar-refractivity contribution is 5.93. The van der Waals surface area contributed by atoms with Gasteiger partial charge in [0.2, 0.25) is 0 Å². The molecule has 90 valence electrons. The van der Waals surface area contributed by atoms with Crippen LogP contribution in [0.25, 0.3) is 10.9 Å². The van der Waals surface area contributed by atoms with E-state index in [0.717, 1.165) is 0 Å². The second kappa shape index (κ2) is 3.91. The number of aromatic nitrogens is 1. The first-order chi connectivity index (χ1) is 7.97. The Labute approximate surface area is 96.3 Å². The van der Waals surface area contributed by atoms with Gasteiger partial charge in [0.1, 0.15) is 11.3 Å². The van der Waals surface area contributed by atoms with Gasteiger partial charge in [0.25, 0.3) is 0 Å². The van der Waals surface area contributed by atoms with Crippen molar-refractivity contribution in [3.8, 4) is 0 Å². The highest BCUT2D eigenvalue weighted by Crippen LogP contribution is 2.30. The van der Waals surface area contributed by atoms with Gasteiger partial charge in [-0.15, -0.1) is 0 Å². The lowest BCUT2D eigenvalue weighted by Gasteiger charge is -2.11. The summed E-state index contributed by atoms with van der Waals surface area (Å²) in [5.74, 6) is -3.31. The fourth-order valence-electron chi connectivity index (χ4n) is 1.85. The maximum absolute atomic E-state index is 13.6. The number of hydrogen-bond acceptors (Lipinski definition) is 2. The fourth-order valence-corrected chi connectivity index (χ4v) is 1.85. The van der Waals surface area contributed by atoms with Crippen LogP contribution in [-0.4, -0.2) is 4.98 Å². The lowest BCUT2D eigenvalue weighted by Crippen LogP contribution is -2.04. The summed E-state index contributed by atoms with van der Waals surface area (Å²) in [4.78, 5) is 3.94. The van der Waals surface area contributed by atoms with Gasteiger partial charge in [-0.05, 0) is 18.9 Å². The maximum atomic E-state index is 13.6. The number of benzene rings is 1. The Morgan fingerprint density at radius 3 is 2.47 bits per heavy atom. The van der Waals surface area contributed by atoms with Crippen LogP contribution in [0, 0.1) is 24.4 Å². The summed E-state index contributed by atoms with van der Waals surface area (Å²) in [7, 11) is 0. The molecule has 0 aliphatic rings. The van der Waals surface area contributed by atoms with E-state index in [4.69, 9.17) is 5.73 Å². The normalized spacial score (nSPS) is 11.1. The van der Waals surface area contributed by atoms with Crippen LogP contribution in [0.15, 0.2) is 6.07 Å². The van der Waals surface area contributed by atoms with E-state index in [0.29, 0.717) is 23.7 Å². The maximum Gasteiger partial charge on any atom is 0.185 e. The van der Waals surface area contributed by atoms with E-state index in [2.05, 4.69) is 4.98 Å². The number of rotatable bonds is 1. The van der Waals surface area contributed by atoms with Gasteiger partial charge in [-0.2, -0.15) is 0 Å². The molecule has 2 N–H and O–H groups in total. The second-order valence-electron chi connectivity index (χ2n) is 3.83. The number of halogens is 3. The van der Waals surface area contributed by atoms with E-state index in [1.54, 1.807) is 6.92 Å². The third-order valence-electron chi connectivity index (χ3n) is 2.83. The van der Waals surface area contributed by atoms with Gasteiger partial charge in [-0.3, -0.25) is 0 Å². The molecule has 0 aliphatic carbocycles. The Hall–Kier alpha value is -1.78. The molecular weight excluding hydrogens is 229 g/mol. The van der Waals surface area contributed by atoms with Crippen LogP contribution in [0.2, 0.25) is 0 Å². The molecular formula is C12H11F3N2. The molecule has 0 amide bonds. The minimum Gasteiger partial charge on any atom is -0.398 e. The fraction of sp³-hybridized carbons (Fsp3) is 0.250. The van der Waals surface area contributed by atoms with Crippen molar-refractivity contribution in [1.82, 2.24) is 4.98 Å². The first-order valence-electron chi connectivity index (χ1n) is 5.19. The Morgan fingerprint density at radius 1 is 1.24 bits per heavy atom. The van der Waals surface area contributed by atoms with Crippen LogP contribution < -0.4 is 5.73 Å². The number of fused-ring (bicyclic) bond motifs is 1. The molecule has 0 fully saturated rings. The molecule has 2 nitrogen and oxygen atoms in total. The first-order valence-corrected chi connectivity index (χ1v) is 5.19. The zero-order valence-corrected chi connectivity index (χ0v) is 9.44. The molecule has 1 heterocycles. The molecule has 0 spiro atoms. The predicted octanol–water partition coefficient (Wildman–Crippen LogP) is 3.11. The molecule has 1 aromatic heterocycles. The van der Waals surface area contributed by atoms with E-state index in [1.165, 1.54) is 0 Å². The molecule has 2 rings (SSSR count). The van der Waals surface area contributed by atoms with E-state index in [9.17, 15) is 13.2 Å². The summed E-state index contributed by atoms with van der Waals surface area (Å²) >= 11 is 0. The molecule has 0 atom stereocenters. The number of nitrogens with zero attached hydrogens (tertiary/aromatic N) is 1. The van der Waals surface area contributed by atoms with Crippen LogP contribution >= 0.6 is 0 Å². The molecule has 0 radical (unpaired) electrons. The highest BCUT2D eigenvalue weighted by Gasteiger charge is 2.18. The van der Waals surface area contributed by atoms with Crippen molar-refractivity contribution in [2.24, 2.45) is 0 Å². The van der Waals surface area contributed by atoms with Crippen LogP contribution in [0.3, 0.4) is 0 Å². The van der Waals surface area contributed by atoms with Crippen LogP contribution in [-0.2, 0) is 6.42 Å². The summed E-state index contributed by atoms with van der Waals surface area (Å²) in [6.45, 7) is 3.50. The summed E-state index contributed by atoms with van der Waals surface area (Å²) < 4.78 is 40.2. The van der Waals surface area contributed by atoms with Crippen molar-refractivity contribution in [3.63, 3.8) is 0 Å². The zero-order chi connectivity index (χ0) is 12.7. The van der Waals surface area contributed by atoms with Gasteiger partial charge in [-0.25, -0.2) is 18.2 Å². The zero-order valence-electron chi connectivity index (χ0n) is 9.44.